The van der Waals surface area contributed by atoms with Gasteiger partial charge in [-0.1, -0.05) is 35.4 Å². The molecule has 0 saturated carbocycles. The van der Waals surface area contributed by atoms with E-state index in [0.29, 0.717) is 22.0 Å². The maximum Gasteiger partial charge on any atom is 0.269 e. The molecule has 4 rings (SSSR count). The molecule has 0 N–H and O–H groups in total. The van der Waals surface area contributed by atoms with Gasteiger partial charge in [0.05, 0.1) is 4.90 Å². The Morgan fingerprint density at radius 2 is 1.76 bits per heavy atom. The third-order valence-electron chi connectivity index (χ3n) is 5.08. The van der Waals surface area contributed by atoms with Gasteiger partial charge in [0.25, 0.3) is 5.56 Å². The van der Waals surface area contributed by atoms with Crippen LogP contribution in [0.3, 0.4) is 0 Å². The molecule has 2 aromatic carbocycles. The van der Waals surface area contributed by atoms with Gasteiger partial charge in [0.1, 0.15) is 27.9 Å². The predicted molar refractivity (Wildman–Crippen MR) is 130 cm³/mol. The van der Waals surface area contributed by atoms with Gasteiger partial charge in [-0.05, 0) is 68.0 Å². The van der Waals surface area contributed by atoms with E-state index in [-0.39, 0.29) is 16.3 Å². The van der Waals surface area contributed by atoms with Crippen LogP contribution in [0, 0.1) is 25.2 Å². The fourth-order valence-electron chi connectivity index (χ4n) is 3.25. The standard InChI is InChI=1S/C25H18ClN3O4S/c1-16-5-11-20(12-6-16)34(31,32)21(15-27)14-22-24(33-19-9-7-18(26)8-10-19)28-23-17(2)4-3-13-29(23)25(22)30/h3-14H,1-2H3. The minimum absolute atomic E-state index is 0.0595. The summed E-state index contributed by atoms with van der Waals surface area (Å²) >= 11 is 5.94. The number of aromatic nitrogens is 2. The number of halogens is 1. The monoisotopic (exact) mass is 491 g/mol. The molecule has 170 valence electrons. The molecule has 0 unspecified atom stereocenters. The average Bonchev–Trinajstić information content (AvgIpc) is 2.81. The van der Waals surface area contributed by atoms with E-state index >= 15 is 0 Å². The maximum absolute atomic E-state index is 13.4. The number of rotatable bonds is 5. The number of nitrogens with zero attached hydrogens (tertiary/aromatic N) is 3. The summed E-state index contributed by atoms with van der Waals surface area (Å²) in [4.78, 5) is 17.2. The largest absolute Gasteiger partial charge is 0.438 e. The lowest BCUT2D eigenvalue weighted by atomic mass is 10.2. The van der Waals surface area contributed by atoms with E-state index in [1.165, 1.54) is 22.7 Å². The van der Waals surface area contributed by atoms with Crippen molar-refractivity contribution in [3.63, 3.8) is 0 Å². The summed E-state index contributed by atoms with van der Waals surface area (Å²) in [5.74, 6) is 0.206. The van der Waals surface area contributed by atoms with Crippen molar-refractivity contribution in [3.05, 3.63) is 104 Å². The first-order valence-electron chi connectivity index (χ1n) is 10.1. The summed E-state index contributed by atoms with van der Waals surface area (Å²) in [6, 6.07) is 17.6. The van der Waals surface area contributed by atoms with Crippen molar-refractivity contribution in [2.45, 2.75) is 18.7 Å². The summed E-state index contributed by atoms with van der Waals surface area (Å²) in [5, 5.41) is 10.2. The molecule has 2 heterocycles. The number of benzene rings is 2. The van der Waals surface area contributed by atoms with Crippen LogP contribution >= 0.6 is 11.6 Å². The number of sulfone groups is 1. The van der Waals surface area contributed by atoms with Gasteiger partial charge in [0, 0.05) is 11.2 Å². The highest BCUT2D eigenvalue weighted by molar-refractivity contribution is 7.95. The van der Waals surface area contributed by atoms with Gasteiger partial charge < -0.3 is 4.74 Å². The fraction of sp³-hybridized carbons (Fsp3) is 0.0800. The third kappa shape index (κ3) is 4.44. The fourth-order valence-corrected chi connectivity index (χ4v) is 4.52. The molecule has 9 heteroatoms. The second kappa shape index (κ2) is 9.14. The van der Waals surface area contributed by atoms with E-state index in [1.807, 2.05) is 6.92 Å². The van der Waals surface area contributed by atoms with Crippen molar-refractivity contribution >= 4 is 33.2 Å². The molecule has 0 bridgehead atoms. The maximum atomic E-state index is 13.4. The lowest BCUT2D eigenvalue weighted by Crippen LogP contribution is -2.20. The van der Waals surface area contributed by atoms with Crippen molar-refractivity contribution in [2.75, 3.05) is 0 Å². The van der Waals surface area contributed by atoms with Crippen LogP contribution in [-0.2, 0) is 9.84 Å². The molecular formula is C25H18ClN3O4S. The van der Waals surface area contributed by atoms with Gasteiger partial charge in [0.2, 0.25) is 15.7 Å². The highest BCUT2D eigenvalue weighted by atomic mass is 35.5. The molecule has 0 saturated heterocycles. The van der Waals surface area contributed by atoms with Crippen LogP contribution in [0.25, 0.3) is 11.7 Å². The zero-order valence-corrected chi connectivity index (χ0v) is 19.8. The first-order chi connectivity index (χ1) is 16.2. The lowest BCUT2D eigenvalue weighted by molar-refractivity contribution is 0.461. The SMILES string of the molecule is Cc1ccc(S(=O)(=O)C(C#N)=Cc2c(Oc3ccc(Cl)cc3)nc3c(C)cccn3c2=O)cc1. The zero-order chi connectivity index (χ0) is 24.5. The van der Waals surface area contributed by atoms with E-state index < -0.39 is 20.3 Å². The van der Waals surface area contributed by atoms with Crippen molar-refractivity contribution in [1.29, 1.82) is 5.26 Å². The Hall–Kier alpha value is -3.93. The van der Waals surface area contributed by atoms with Crippen LogP contribution in [0.2, 0.25) is 5.02 Å². The number of fused-ring (bicyclic) bond motifs is 1. The van der Waals surface area contributed by atoms with Crippen LogP contribution in [0.4, 0.5) is 0 Å². The van der Waals surface area contributed by atoms with Gasteiger partial charge in [-0.15, -0.1) is 0 Å². The highest BCUT2D eigenvalue weighted by Crippen LogP contribution is 2.28. The molecule has 0 aliphatic heterocycles. The van der Waals surface area contributed by atoms with Crippen LogP contribution in [-0.4, -0.2) is 17.8 Å². The predicted octanol–water partition coefficient (Wildman–Crippen LogP) is 5.10. The number of pyridine rings is 1. The Labute approximate surface area is 201 Å². The van der Waals surface area contributed by atoms with E-state index in [4.69, 9.17) is 16.3 Å². The molecule has 0 atom stereocenters. The Bertz CT molecular complexity index is 1630. The molecule has 0 aliphatic carbocycles. The summed E-state index contributed by atoms with van der Waals surface area (Å²) in [6.45, 7) is 3.60. The van der Waals surface area contributed by atoms with E-state index in [1.54, 1.807) is 61.5 Å². The number of hydrogen-bond donors (Lipinski definition) is 0. The van der Waals surface area contributed by atoms with Gasteiger partial charge in [-0.3, -0.25) is 9.20 Å². The molecule has 0 aliphatic rings. The van der Waals surface area contributed by atoms with E-state index in [0.717, 1.165) is 11.6 Å². The molecule has 7 nitrogen and oxygen atoms in total. The van der Waals surface area contributed by atoms with E-state index in [2.05, 4.69) is 4.98 Å². The van der Waals surface area contributed by atoms with Crippen molar-refractivity contribution in [2.24, 2.45) is 0 Å². The smallest absolute Gasteiger partial charge is 0.269 e. The van der Waals surface area contributed by atoms with Crippen molar-refractivity contribution in [1.82, 2.24) is 9.38 Å². The summed E-state index contributed by atoms with van der Waals surface area (Å²) in [7, 11) is -4.19. The molecule has 0 amide bonds. The Morgan fingerprint density at radius 3 is 2.41 bits per heavy atom. The van der Waals surface area contributed by atoms with Gasteiger partial charge in [0.15, 0.2) is 0 Å². The summed E-state index contributed by atoms with van der Waals surface area (Å²) in [6.07, 6.45) is 2.52. The van der Waals surface area contributed by atoms with Gasteiger partial charge >= 0.3 is 0 Å². The zero-order valence-electron chi connectivity index (χ0n) is 18.2. The third-order valence-corrected chi connectivity index (χ3v) is 7.02. The van der Waals surface area contributed by atoms with Crippen LogP contribution in [0.15, 0.2) is 81.5 Å². The van der Waals surface area contributed by atoms with Crippen molar-refractivity contribution < 1.29 is 13.2 Å². The second-order valence-electron chi connectivity index (χ2n) is 7.51. The normalized spacial score (nSPS) is 11.9. The molecular weight excluding hydrogens is 474 g/mol. The van der Waals surface area contributed by atoms with Crippen molar-refractivity contribution in [3.8, 4) is 17.7 Å². The Balaban J connectivity index is 1.95. The minimum atomic E-state index is -4.19. The first kappa shape index (κ1) is 23.2. The Morgan fingerprint density at radius 1 is 1.09 bits per heavy atom. The summed E-state index contributed by atoms with van der Waals surface area (Å²) < 4.78 is 33.4. The second-order valence-corrected chi connectivity index (χ2v) is 9.87. The highest BCUT2D eigenvalue weighted by Gasteiger charge is 2.24. The Kier molecular flexibility index (Phi) is 6.24. The number of hydrogen-bond acceptors (Lipinski definition) is 6. The molecule has 4 aromatic rings. The van der Waals surface area contributed by atoms with Gasteiger partial charge in [-0.25, -0.2) is 8.42 Å². The quantitative estimate of drug-likeness (QED) is 0.360. The first-order valence-corrected chi connectivity index (χ1v) is 12.0. The van der Waals surface area contributed by atoms with E-state index in [9.17, 15) is 18.5 Å². The van der Waals surface area contributed by atoms with Crippen LogP contribution in [0.1, 0.15) is 16.7 Å². The molecule has 2 aromatic heterocycles. The average molecular weight is 492 g/mol. The molecule has 0 radical (unpaired) electrons. The molecule has 34 heavy (non-hydrogen) atoms. The molecule has 0 spiro atoms. The summed E-state index contributed by atoms with van der Waals surface area (Å²) in [5.41, 5.74) is 1.17. The van der Waals surface area contributed by atoms with Crippen LogP contribution in [0.5, 0.6) is 11.6 Å². The number of aryl methyl sites for hydroxylation is 2. The number of ether oxygens (including phenoxy) is 1. The topological polar surface area (TPSA) is 102 Å². The number of nitriles is 1. The van der Waals surface area contributed by atoms with Gasteiger partial charge in [-0.2, -0.15) is 10.2 Å². The lowest BCUT2D eigenvalue weighted by Gasteiger charge is -2.12. The number of allylic oxidation sites excluding steroid dienone is 1. The minimum Gasteiger partial charge on any atom is -0.438 e. The van der Waals surface area contributed by atoms with Crippen LogP contribution < -0.4 is 10.3 Å². The molecule has 0 fully saturated rings.